The normalized spacial score (nSPS) is 13.9. The Balaban J connectivity index is 1.37. The molecule has 1 aliphatic heterocycles. The molecule has 1 fully saturated rings. The van der Waals surface area contributed by atoms with Crippen molar-refractivity contribution in [2.75, 3.05) is 18.0 Å². The van der Waals surface area contributed by atoms with Crippen molar-refractivity contribution < 1.29 is 27.1 Å². The van der Waals surface area contributed by atoms with E-state index in [1.165, 1.54) is 30.3 Å². The van der Waals surface area contributed by atoms with Crippen molar-refractivity contribution in [2.45, 2.75) is 32.1 Å². The molecule has 1 saturated heterocycles. The zero-order valence-corrected chi connectivity index (χ0v) is 22.1. The van der Waals surface area contributed by atoms with Crippen molar-refractivity contribution in [2.24, 2.45) is 5.92 Å². The highest BCUT2D eigenvalue weighted by molar-refractivity contribution is 7.89. The number of carbonyl (C=O) groups is 2. The molecule has 0 aliphatic carbocycles. The molecule has 0 bridgehead atoms. The number of nitrogens with one attached hydrogen (secondary N) is 1. The van der Waals surface area contributed by atoms with Crippen molar-refractivity contribution in [1.82, 2.24) is 9.71 Å². The van der Waals surface area contributed by atoms with Gasteiger partial charge in [0.15, 0.2) is 0 Å². The van der Waals surface area contributed by atoms with Crippen molar-refractivity contribution in [1.29, 1.82) is 5.26 Å². The Hall–Kier alpha value is -4.30. The van der Waals surface area contributed by atoms with Crippen LogP contribution in [0.15, 0.2) is 60.7 Å². The summed E-state index contributed by atoms with van der Waals surface area (Å²) in [5.41, 5.74) is 1.91. The summed E-state index contributed by atoms with van der Waals surface area (Å²) >= 11 is 0. The van der Waals surface area contributed by atoms with E-state index in [1.54, 1.807) is 37.3 Å². The molecular weight excluding hydrogens is 523 g/mol. The number of aromatic nitrogens is 1. The Morgan fingerprint density at radius 1 is 1.10 bits per heavy atom. The van der Waals surface area contributed by atoms with Crippen LogP contribution in [-0.2, 0) is 31.9 Å². The van der Waals surface area contributed by atoms with Gasteiger partial charge >= 0.3 is 5.97 Å². The Labute approximate surface area is 226 Å². The van der Waals surface area contributed by atoms with Crippen LogP contribution in [0.1, 0.15) is 45.6 Å². The van der Waals surface area contributed by atoms with Crippen molar-refractivity contribution in [3.63, 3.8) is 0 Å². The Morgan fingerprint density at radius 3 is 2.41 bits per heavy atom. The molecule has 39 heavy (non-hydrogen) atoms. The van der Waals surface area contributed by atoms with Crippen LogP contribution in [0.3, 0.4) is 0 Å². The van der Waals surface area contributed by atoms with Crippen molar-refractivity contribution >= 4 is 27.7 Å². The van der Waals surface area contributed by atoms with Crippen LogP contribution in [0.25, 0.3) is 0 Å². The fourth-order valence-electron chi connectivity index (χ4n) is 4.35. The molecule has 2 aromatic carbocycles. The number of benzene rings is 2. The third-order valence-electron chi connectivity index (χ3n) is 6.44. The lowest BCUT2D eigenvalue weighted by atomic mass is 9.96. The zero-order valence-electron chi connectivity index (χ0n) is 21.3. The molecule has 9 nitrogen and oxygen atoms in total. The number of ether oxygens (including phenoxy) is 1. The van der Waals surface area contributed by atoms with Gasteiger partial charge in [0.05, 0.1) is 22.6 Å². The molecule has 2 heterocycles. The standard InChI is InChI=1S/C28H27FN4O5S/c1-19-25(28(35)38-17-20-7-9-24(29)10-8-20)15-23(16-30)26(31-19)33-13-11-22(12-14-33)27(34)32-39(36,37)18-21-5-3-2-4-6-21/h2-10,15,22H,11-14,17-18H2,1H3,(H,32,34). The second-order valence-corrected chi connectivity index (χ2v) is 11.0. The number of carbonyl (C=O) groups excluding carboxylic acids is 2. The van der Waals surface area contributed by atoms with E-state index in [-0.39, 0.29) is 23.5 Å². The monoisotopic (exact) mass is 550 g/mol. The number of piperidine rings is 1. The number of amides is 1. The number of sulfonamides is 1. The van der Waals surface area contributed by atoms with Gasteiger partial charge in [-0.1, -0.05) is 42.5 Å². The predicted molar refractivity (Wildman–Crippen MR) is 141 cm³/mol. The lowest BCUT2D eigenvalue weighted by molar-refractivity contribution is -0.123. The van der Waals surface area contributed by atoms with Crippen molar-refractivity contribution in [3.05, 3.63) is 94.4 Å². The molecule has 0 saturated carbocycles. The highest BCUT2D eigenvalue weighted by Crippen LogP contribution is 2.27. The van der Waals surface area contributed by atoms with Gasteiger partial charge in [0.25, 0.3) is 0 Å². The number of pyridine rings is 1. The third kappa shape index (κ3) is 7.18. The minimum absolute atomic E-state index is 0.0567. The van der Waals surface area contributed by atoms with Crippen LogP contribution in [0.2, 0.25) is 0 Å². The van der Waals surface area contributed by atoms with Crippen LogP contribution in [0.5, 0.6) is 0 Å². The van der Waals surface area contributed by atoms with E-state index >= 15 is 0 Å². The highest BCUT2D eigenvalue weighted by atomic mass is 32.2. The molecule has 0 radical (unpaired) electrons. The average Bonchev–Trinajstić information content (AvgIpc) is 2.92. The molecule has 11 heteroatoms. The number of esters is 1. The number of aryl methyl sites for hydroxylation is 1. The number of nitriles is 1. The molecular formula is C28H27FN4O5S. The SMILES string of the molecule is Cc1nc(N2CCC(C(=O)NS(=O)(=O)Cc3ccccc3)CC2)c(C#N)cc1C(=O)OCc1ccc(F)cc1. The molecule has 4 rings (SSSR count). The lowest BCUT2D eigenvalue weighted by Crippen LogP contribution is -2.43. The van der Waals surface area contributed by atoms with Gasteiger partial charge in [-0.15, -0.1) is 0 Å². The van der Waals surface area contributed by atoms with Gasteiger partial charge in [-0.3, -0.25) is 9.52 Å². The van der Waals surface area contributed by atoms with E-state index in [0.717, 1.165) is 0 Å². The van der Waals surface area contributed by atoms with E-state index in [0.29, 0.717) is 48.6 Å². The van der Waals surface area contributed by atoms with Gasteiger partial charge in [-0.2, -0.15) is 5.26 Å². The number of anilines is 1. The van der Waals surface area contributed by atoms with Crippen molar-refractivity contribution in [3.8, 4) is 6.07 Å². The smallest absolute Gasteiger partial charge is 0.340 e. The number of hydrogen-bond acceptors (Lipinski definition) is 8. The largest absolute Gasteiger partial charge is 0.457 e. The average molecular weight is 551 g/mol. The van der Waals surface area contributed by atoms with Crippen LogP contribution in [0.4, 0.5) is 10.2 Å². The third-order valence-corrected chi connectivity index (χ3v) is 7.66. The molecule has 0 spiro atoms. The maximum atomic E-state index is 13.1. The minimum atomic E-state index is -3.83. The number of rotatable bonds is 8. The first-order chi connectivity index (χ1) is 18.6. The summed E-state index contributed by atoms with van der Waals surface area (Å²) in [4.78, 5) is 31.7. The summed E-state index contributed by atoms with van der Waals surface area (Å²) in [7, 11) is -3.83. The van der Waals surface area contributed by atoms with E-state index in [4.69, 9.17) is 4.74 Å². The number of hydrogen-bond donors (Lipinski definition) is 1. The first-order valence-corrected chi connectivity index (χ1v) is 14.0. The molecule has 0 atom stereocenters. The second-order valence-electron chi connectivity index (χ2n) is 9.28. The van der Waals surface area contributed by atoms with Gasteiger partial charge in [0.1, 0.15) is 24.3 Å². The van der Waals surface area contributed by atoms with Gasteiger partial charge < -0.3 is 9.64 Å². The quantitative estimate of drug-likeness (QED) is 0.421. The van der Waals surface area contributed by atoms with Crippen LogP contribution < -0.4 is 9.62 Å². The number of halogens is 1. The maximum Gasteiger partial charge on any atom is 0.340 e. The molecule has 1 amide bonds. The summed E-state index contributed by atoms with van der Waals surface area (Å²) in [6.07, 6.45) is 0.750. The Kier molecular flexibility index (Phi) is 8.56. The van der Waals surface area contributed by atoms with E-state index in [2.05, 4.69) is 15.8 Å². The summed E-state index contributed by atoms with van der Waals surface area (Å²) in [6.45, 7) is 2.34. The molecule has 1 aliphatic rings. The van der Waals surface area contributed by atoms with Crippen LogP contribution >= 0.6 is 0 Å². The fourth-order valence-corrected chi connectivity index (χ4v) is 5.53. The Bertz CT molecular complexity index is 1500. The van der Waals surface area contributed by atoms with Gasteiger partial charge in [0, 0.05) is 19.0 Å². The van der Waals surface area contributed by atoms with Crippen LogP contribution in [-0.4, -0.2) is 38.4 Å². The predicted octanol–water partition coefficient (Wildman–Crippen LogP) is 3.62. The van der Waals surface area contributed by atoms with Gasteiger partial charge in [-0.25, -0.2) is 22.6 Å². The zero-order chi connectivity index (χ0) is 28.0. The first-order valence-electron chi connectivity index (χ1n) is 12.3. The molecule has 3 aromatic rings. The van der Waals surface area contributed by atoms with Gasteiger partial charge in [-0.05, 0) is 49.1 Å². The van der Waals surface area contributed by atoms with E-state index < -0.39 is 33.6 Å². The molecule has 0 unspecified atom stereocenters. The molecule has 1 N–H and O–H groups in total. The maximum absolute atomic E-state index is 13.1. The fraction of sp³-hybridized carbons (Fsp3) is 0.286. The molecule has 1 aromatic heterocycles. The summed E-state index contributed by atoms with van der Waals surface area (Å²) < 4.78 is 45.5. The van der Waals surface area contributed by atoms with E-state index in [9.17, 15) is 27.7 Å². The summed E-state index contributed by atoms with van der Waals surface area (Å²) in [5.74, 6) is -1.99. The highest BCUT2D eigenvalue weighted by Gasteiger charge is 2.30. The topological polar surface area (TPSA) is 129 Å². The Morgan fingerprint density at radius 2 is 1.77 bits per heavy atom. The summed E-state index contributed by atoms with van der Waals surface area (Å²) in [5, 5.41) is 9.73. The van der Waals surface area contributed by atoms with Gasteiger partial charge in [0.2, 0.25) is 15.9 Å². The minimum Gasteiger partial charge on any atom is -0.457 e. The second kappa shape index (κ2) is 12.0. The number of nitrogens with zero attached hydrogens (tertiary/aromatic N) is 3. The van der Waals surface area contributed by atoms with Crippen LogP contribution in [0, 0.1) is 30.0 Å². The summed E-state index contributed by atoms with van der Waals surface area (Å²) in [6, 6.07) is 17.7. The lowest BCUT2D eigenvalue weighted by Gasteiger charge is -2.32. The first kappa shape index (κ1) is 27.7. The van der Waals surface area contributed by atoms with E-state index in [1.807, 2.05) is 4.90 Å². The molecule has 202 valence electrons.